The number of thiazole rings is 1. The summed E-state index contributed by atoms with van der Waals surface area (Å²) in [6, 6.07) is 0. The Bertz CT molecular complexity index is 725. The molecule has 0 aliphatic heterocycles. The third-order valence-corrected chi connectivity index (χ3v) is 3.61. The Labute approximate surface area is 117 Å². The van der Waals surface area contributed by atoms with Gasteiger partial charge in [-0.15, -0.1) is 0 Å². The minimum Gasteiger partial charge on any atom is -0.477 e. The Balaban J connectivity index is 2.17. The molecule has 0 unspecified atom stereocenters. The highest BCUT2D eigenvalue weighted by molar-refractivity contribution is 7.07. The number of carbonyl (C=O) groups excluding carboxylic acids is 1. The van der Waals surface area contributed by atoms with Crippen LogP contribution >= 0.6 is 11.3 Å². The molecule has 0 aliphatic rings. The Morgan fingerprint density at radius 3 is 2.55 bits per heavy atom. The highest BCUT2D eigenvalue weighted by atomic mass is 32.1. The maximum atomic E-state index is 12.1. The molecule has 1 amide bonds. The highest BCUT2D eigenvalue weighted by Crippen LogP contribution is 2.17. The first-order valence-electron chi connectivity index (χ1n) is 5.77. The number of amides is 1. The third kappa shape index (κ3) is 2.64. The van der Waals surface area contributed by atoms with Crippen LogP contribution in [0.25, 0.3) is 0 Å². The van der Waals surface area contributed by atoms with Gasteiger partial charge in [-0.3, -0.25) is 9.59 Å². The average Bonchev–Trinajstić information content (AvgIpc) is 2.91. The Morgan fingerprint density at radius 2 is 2.05 bits per heavy atom. The van der Waals surface area contributed by atoms with E-state index in [0.29, 0.717) is 22.5 Å². The predicted octanol–water partition coefficient (Wildman–Crippen LogP) is 1.01. The van der Waals surface area contributed by atoms with Gasteiger partial charge >= 0.3 is 10.8 Å². The number of hydrogen-bond acceptors (Lipinski definition) is 4. The molecule has 0 saturated heterocycles. The number of H-pyrrole nitrogens is 2. The van der Waals surface area contributed by atoms with Gasteiger partial charge in [-0.2, -0.15) is 0 Å². The zero-order valence-corrected chi connectivity index (χ0v) is 11.7. The molecule has 0 fully saturated rings. The molecule has 0 radical (unpaired) electrons. The number of aromatic nitrogens is 2. The summed E-state index contributed by atoms with van der Waals surface area (Å²) in [4.78, 5) is 39.1. The summed E-state index contributed by atoms with van der Waals surface area (Å²) in [7, 11) is 0. The van der Waals surface area contributed by atoms with Crippen molar-refractivity contribution in [1.29, 1.82) is 0 Å². The maximum Gasteiger partial charge on any atom is 0.352 e. The number of carbonyl (C=O) groups is 2. The van der Waals surface area contributed by atoms with Gasteiger partial charge in [-0.05, 0) is 19.4 Å². The van der Waals surface area contributed by atoms with Crippen LogP contribution in [-0.2, 0) is 6.54 Å². The van der Waals surface area contributed by atoms with E-state index >= 15 is 0 Å². The second-order valence-corrected chi connectivity index (χ2v) is 5.13. The summed E-state index contributed by atoms with van der Waals surface area (Å²) >= 11 is 1.02. The first kappa shape index (κ1) is 14.1. The molecule has 4 N–H and O–H groups in total. The molecular formula is C12H13N3O4S. The van der Waals surface area contributed by atoms with Crippen LogP contribution in [0.15, 0.2) is 10.2 Å². The van der Waals surface area contributed by atoms with Crippen LogP contribution in [0.5, 0.6) is 0 Å². The summed E-state index contributed by atoms with van der Waals surface area (Å²) in [5, 5.41) is 13.3. The second-order valence-electron chi connectivity index (χ2n) is 4.29. The molecule has 2 rings (SSSR count). The lowest BCUT2D eigenvalue weighted by Crippen LogP contribution is -2.24. The van der Waals surface area contributed by atoms with E-state index in [1.807, 2.05) is 0 Å². The number of aromatic carboxylic acids is 1. The monoisotopic (exact) mass is 295 g/mol. The largest absolute Gasteiger partial charge is 0.477 e. The summed E-state index contributed by atoms with van der Waals surface area (Å²) < 4.78 is 0. The third-order valence-electron chi connectivity index (χ3n) is 2.89. The lowest BCUT2D eigenvalue weighted by atomic mass is 10.1. The Kier molecular flexibility index (Phi) is 3.75. The van der Waals surface area contributed by atoms with Crippen LogP contribution in [0.2, 0.25) is 0 Å². The van der Waals surface area contributed by atoms with Gasteiger partial charge in [0.05, 0.1) is 12.1 Å². The van der Waals surface area contributed by atoms with Crippen molar-refractivity contribution < 1.29 is 14.7 Å². The van der Waals surface area contributed by atoms with Gasteiger partial charge in [0.1, 0.15) is 5.69 Å². The second kappa shape index (κ2) is 5.33. The van der Waals surface area contributed by atoms with Crippen molar-refractivity contribution in [2.75, 3.05) is 0 Å². The van der Waals surface area contributed by atoms with Crippen LogP contribution in [0.3, 0.4) is 0 Å². The average molecular weight is 295 g/mol. The van der Waals surface area contributed by atoms with Crippen molar-refractivity contribution in [3.63, 3.8) is 0 Å². The normalized spacial score (nSPS) is 10.5. The van der Waals surface area contributed by atoms with E-state index < -0.39 is 5.97 Å². The number of aryl methyl sites for hydroxylation is 1. The summed E-state index contributed by atoms with van der Waals surface area (Å²) in [6.45, 7) is 3.40. The molecule has 0 saturated carbocycles. The molecule has 0 aromatic carbocycles. The Hall–Kier alpha value is -2.35. The SMILES string of the molecule is Cc1[nH]c(C(=O)O)c(C)c1C(=O)NCc1csc(=O)[nH]1. The van der Waals surface area contributed by atoms with Crippen molar-refractivity contribution >= 4 is 23.2 Å². The Morgan fingerprint density at radius 1 is 1.35 bits per heavy atom. The zero-order chi connectivity index (χ0) is 14.9. The first-order chi connectivity index (χ1) is 9.40. The van der Waals surface area contributed by atoms with E-state index in [2.05, 4.69) is 15.3 Å². The van der Waals surface area contributed by atoms with Crippen molar-refractivity contribution in [2.45, 2.75) is 20.4 Å². The van der Waals surface area contributed by atoms with Crippen LogP contribution in [-0.4, -0.2) is 27.0 Å². The summed E-state index contributed by atoms with van der Waals surface area (Å²) in [5.41, 5.74) is 1.83. The molecule has 0 aliphatic carbocycles. The maximum absolute atomic E-state index is 12.1. The van der Waals surface area contributed by atoms with Gasteiger partial charge < -0.3 is 20.4 Å². The fraction of sp³-hybridized carbons (Fsp3) is 0.250. The lowest BCUT2D eigenvalue weighted by molar-refractivity contribution is 0.0690. The van der Waals surface area contributed by atoms with Crippen LogP contribution in [0, 0.1) is 13.8 Å². The smallest absolute Gasteiger partial charge is 0.352 e. The number of rotatable bonds is 4. The van der Waals surface area contributed by atoms with E-state index in [0.717, 1.165) is 11.3 Å². The summed E-state index contributed by atoms with van der Waals surface area (Å²) in [6.07, 6.45) is 0. The molecule has 2 aromatic heterocycles. The van der Waals surface area contributed by atoms with E-state index in [4.69, 9.17) is 5.11 Å². The molecular weight excluding hydrogens is 282 g/mol. The van der Waals surface area contributed by atoms with E-state index in [9.17, 15) is 14.4 Å². The van der Waals surface area contributed by atoms with E-state index in [-0.39, 0.29) is 23.0 Å². The van der Waals surface area contributed by atoms with Crippen molar-refractivity contribution in [3.05, 3.63) is 43.3 Å². The van der Waals surface area contributed by atoms with Crippen molar-refractivity contribution in [2.24, 2.45) is 0 Å². The van der Waals surface area contributed by atoms with Gasteiger partial charge in [0.2, 0.25) is 0 Å². The molecule has 2 aromatic rings. The van der Waals surface area contributed by atoms with Crippen LogP contribution in [0.1, 0.15) is 37.8 Å². The van der Waals surface area contributed by atoms with Gasteiger partial charge in [0.15, 0.2) is 0 Å². The molecule has 0 atom stereocenters. The first-order valence-corrected chi connectivity index (χ1v) is 6.65. The van der Waals surface area contributed by atoms with Gasteiger partial charge in [-0.1, -0.05) is 11.3 Å². The highest BCUT2D eigenvalue weighted by Gasteiger charge is 2.21. The topological polar surface area (TPSA) is 115 Å². The fourth-order valence-electron chi connectivity index (χ4n) is 1.97. The van der Waals surface area contributed by atoms with Crippen LogP contribution in [0.4, 0.5) is 0 Å². The molecule has 2 heterocycles. The predicted molar refractivity (Wildman–Crippen MR) is 73.3 cm³/mol. The van der Waals surface area contributed by atoms with Crippen molar-refractivity contribution in [3.8, 4) is 0 Å². The summed E-state index contributed by atoms with van der Waals surface area (Å²) in [5.74, 6) is -1.48. The standard InChI is InChI=1S/C12H13N3O4S/c1-5-8(6(2)14-9(5)11(17)18)10(16)13-3-7-4-20-12(19)15-7/h4,14H,3H2,1-2H3,(H,13,16)(H,15,19)(H,17,18). The quantitative estimate of drug-likeness (QED) is 0.673. The van der Waals surface area contributed by atoms with Gasteiger partial charge in [0.25, 0.3) is 5.91 Å². The lowest BCUT2D eigenvalue weighted by Gasteiger charge is -2.04. The number of carboxylic acids is 1. The van der Waals surface area contributed by atoms with Crippen LogP contribution < -0.4 is 10.2 Å². The molecule has 8 heteroatoms. The number of nitrogens with one attached hydrogen (secondary N) is 3. The molecule has 0 bridgehead atoms. The number of carboxylic acid groups (broad SMARTS) is 1. The minimum atomic E-state index is -1.10. The number of aromatic amines is 2. The zero-order valence-electron chi connectivity index (χ0n) is 10.9. The van der Waals surface area contributed by atoms with E-state index in [1.54, 1.807) is 19.2 Å². The van der Waals surface area contributed by atoms with Gasteiger partial charge in [0, 0.05) is 16.8 Å². The molecule has 20 heavy (non-hydrogen) atoms. The fourth-order valence-corrected chi connectivity index (χ4v) is 2.55. The molecule has 106 valence electrons. The number of hydrogen-bond donors (Lipinski definition) is 4. The van der Waals surface area contributed by atoms with Crippen molar-refractivity contribution in [1.82, 2.24) is 15.3 Å². The van der Waals surface area contributed by atoms with E-state index in [1.165, 1.54) is 0 Å². The van der Waals surface area contributed by atoms with Gasteiger partial charge in [-0.25, -0.2) is 4.79 Å². The molecule has 0 spiro atoms. The molecule has 7 nitrogen and oxygen atoms in total. The minimum absolute atomic E-state index is 0.0107.